The summed E-state index contributed by atoms with van der Waals surface area (Å²) in [4.78, 5) is 10.8. The van der Waals surface area contributed by atoms with Gasteiger partial charge in [-0.3, -0.25) is 0 Å². The zero-order chi connectivity index (χ0) is 9.56. The van der Waals surface area contributed by atoms with E-state index in [2.05, 4.69) is 11.3 Å². The maximum absolute atomic E-state index is 10.8. The molecule has 64 valence electrons. The number of hydrazine groups is 1. The highest BCUT2D eigenvalue weighted by Gasteiger charge is 2.13. The Bertz CT molecular complexity index is 263. The van der Waals surface area contributed by atoms with Crippen molar-refractivity contribution in [2.45, 2.75) is 0 Å². The Kier molecular flexibility index (Phi) is 3.97. The molecule has 0 amide bonds. The second-order valence-electron chi connectivity index (χ2n) is 1.62. The molecule has 0 aliphatic carbocycles. The van der Waals surface area contributed by atoms with Crippen LogP contribution in [0.4, 0.5) is 0 Å². The highest BCUT2D eigenvalue weighted by molar-refractivity contribution is 5.93. The number of hydrogen-bond donors (Lipinski definition) is 3. The van der Waals surface area contributed by atoms with E-state index < -0.39 is 11.5 Å². The van der Waals surface area contributed by atoms with Crippen molar-refractivity contribution in [2.24, 2.45) is 11.6 Å². The Morgan fingerprint density at radius 3 is 2.67 bits per heavy atom. The van der Waals surface area contributed by atoms with Crippen molar-refractivity contribution < 1.29 is 9.53 Å². The van der Waals surface area contributed by atoms with Gasteiger partial charge in [0, 0.05) is 0 Å². The summed E-state index contributed by atoms with van der Waals surface area (Å²) in [5.74, 6) is 3.72. The van der Waals surface area contributed by atoms with Crippen molar-refractivity contribution in [3.05, 3.63) is 24.2 Å². The third kappa shape index (κ3) is 2.32. The molecule has 0 unspecified atom stereocenters. The van der Waals surface area contributed by atoms with E-state index in [9.17, 15) is 4.79 Å². The molecule has 6 heteroatoms. The summed E-state index contributed by atoms with van der Waals surface area (Å²) in [6.45, 7) is 3.13. The topological polar surface area (TPSA) is 114 Å². The number of nitrogens with two attached hydrogens (primary N) is 2. The zero-order valence-corrected chi connectivity index (χ0v) is 6.20. The Morgan fingerprint density at radius 1 is 1.75 bits per heavy atom. The van der Waals surface area contributed by atoms with E-state index in [-0.39, 0.29) is 5.82 Å². The number of carbonyl (C=O) groups is 1. The van der Waals surface area contributed by atoms with Crippen molar-refractivity contribution in [3.8, 4) is 6.07 Å². The van der Waals surface area contributed by atoms with Gasteiger partial charge in [-0.15, -0.1) is 0 Å². The number of hydrogen-bond acceptors (Lipinski definition) is 6. The fraction of sp³-hybridized carbons (Fsp3) is 0. The first-order valence-corrected chi connectivity index (χ1v) is 2.85. The van der Waals surface area contributed by atoms with Crippen LogP contribution in [0, 0.1) is 11.3 Å². The molecular formula is C6H8N4O2. The van der Waals surface area contributed by atoms with Gasteiger partial charge in [-0.05, 0) is 0 Å². The summed E-state index contributed by atoms with van der Waals surface area (Å²) in [5.41, 5.74) is 6.71. The smallest absolute Gasteiger partial charge is 0.357 e. The monoisotopic (exact) mass is 168 g/mol. The molecule has 0 aromatic heterocycles. The molecule has 0 rings (SSSR count). The fourth-order valence-corrected chi connectivity index (χ4v) is 0.423. The van der Waals surface area contributed by atoms with Gasteiger partial charge in [-0.2, -0.15) is 5.26 Å². The molecule has 6 nitrogen and oxygen atoms in total. The van der Waals surface area contributed by atoms with E-state index in [1.54, 1.807) is 0 Å². The molecule has 0 aliphatic heterocycles. The van der Waals surface area contributed by atoms with Crippen molar-refractivity contribution >= 4 is 5.97 Å². The number of nitrogens with one attached hydrogen (secondary N) is 1. The molecule has 0 aromatic rings. The van der Waals surface area contributed by atoms with E-state index in [4.69, 9.17) is 16.8 Å². The first-order valence-electron chi connectivity index (χ1n) is 2.85. The Labute approximate surface area is 69.1 Å². The van der Waals surface area contributed by atoms with Crippen LogP contribution in [0.3, 0.4) is 0 Å². The molecule has 5 N–H and O–H groups in total. The van der Waals surface area contributed by atoms with Gasteiger partial charge in [0.25, 0.3) is 0 Å². The van der Waals surface area contributed by atoms with Crippen molar-refractivity contribution in [3.63, 3.8) is 0 Å². The Hall–Kier alpha value is -2.00. The average Bonchev–Trinajstić information content (AvgIpc) is 2.06. The maximum Gasteiger partial charge on any atom is 0.357 e. The molecule has 0 aromatic carbocycles. The van der Waals surface area contributed by atoms with Crippen LogP contribution in [0.1, 0.15) is 0 Å². The molecule has 0 atom stereocenters. The number of nitrogens with zero attached hydrogens (tertiary/aromatic N) is 1. The van der Waals surface area contributed by atoms with Crippen molar-refractivity contribution in [2.75, 3.05) is 0 Å². The zero-order valence-electron chi connectivity index (χ0n) is 6.20. The van der Waals surface area contributed by atoms with Gasteiger partial charge in [0.1, 0.15) is 11.9 Å². The average molecular weight is 168 g/mol. The summed E-state index contributed by atoms with van der Waals surface area (Å²) >= 11 is 0. The molecule has 0 bridgehead atoms. The third-order valence-corrected chi connectivity index (χ3v) is 0.931. The summed E-state index contributed by atoms with van der Waals surface area (Å²) in [6, 6.07) is 1.53. The lowest BCUT2D eigenvalue weighted by molar-refractivity contribution is -0.133. The molecule has 0 heterocycles. The van der Waals surface area contributed by atoms with Crippen LogP contribution in [0.25, 0.3) is 0 Å². The lowest BCUT2D eigenvalue weighted by atomic mass is 10.3. The number of esters is 1. The highest BCUT2D eigenvalue weighted by atomic mass is 16.5. The summed E-state index contributed by atoms with van der Waals surface area (Å²) in [6.07, 6.45) is 0.892. The lowest BCUT2D eigenvalue weighted by Crippen LogP contribution is -2.30. The van der Waals surface area contributed by atoms with Crippen LogP contribution < -0.4 is 17.0 Å². The largest absolute Gasteiger partial charge is 0.431 e. The van der Waals surface area contributed by atoms with Crippen LogP contribution in [0.15, 0.2) is 24.2 Å². The predicted octanol–water partition coefficient (Wildman–Crippen LogP) is -1.17. The standard InChI is InChI=1S/C6H8N4O2/c1-2-12-6(11)4(3-7)5(8)10-9/h2,10H,1,8-9H2/b5-4+. The van der Waals surface area contributed by atoms with Crippen molar-refractivity contribution in [1.29, 1.82) is 5.26 Å². The number of rotatable bonds is 3. The van der Waals surface area contributed by atoms with E-state index in [1.807, 2.05) is 5.43 Å². The van der Waals surface area contributed by atoms with Gasteiger partial charge in [-0.1, -0.05) is 6.58 Å². The molecule has 0 aliphatic rings. The minimum Gasteiger partial charge on any atom is -0.431 e. The van der Waals surface area contributed by atoms with Crippen LogP contribution in [-0.2, 0) is 9.53 Å². The molecule has 0 radical (unpaired) electrons. The second kappa shape index (κ2) is 4.76. The maximum atomic E-state index is 10.8. The highest BCUT2D eigenvalue weighted by Crippen LogP contribution is 1.97. The van der Waals surface area contributed by atoms with Crippen LogP contribution in [0.2, 0.25) is 0 Å². The predicted molar refractivity (Wildman–Crippen MR) is 40.4 cm³/mol. The van der Waals surface area contributed by atoms with Crippen LogP contribution in [-0.4, -0.2) is 5.97 Å². The molecule has 12 heavy (non-hydrogen) atoms. The molecule has 0 spiro atoms. The van der Waals surface area contributed by atoms with Gasteiger partial charge in [0.2, 0.25) is 0 Å². The van der Waals surface area contributed by atoms with E-state index in [1.165, 1.54) is 6.07 Å². The third-order valence-electron chi connectivity index (χ3n) is 0.931. The van der Waals surface area contributed by atoms with E-state index in [0.29, 0.717) is 0 Å². The fourth-order valence-electron chi connectivity index (χ4n) is 0.423. The number of ether oxygens (including phenoxy) is 1. The second-order valence-corrected chi connectivity index (χ2v) is 1.62. The Balaban J connectivity index is 4.70. The minimum absolute atomic E-state index is 0.246. The molecular weight excluding hydrogens is 160 g/mol. The van der Waals surface area contributed by atoms with Crippen molar-refractivity contribution in [1.82, 2.24) is 5.43 Å². The summed E-state index contributed by atoms with van der Waals surface area (Å²) in [5, 5.41) is 8.41. The van der Waals surface area contributed by atoms with E-state index in [0.717, 1.165) is 6.26 Å². The van der Waals surface area contributed by atoms with Gasteiger partial charge in [0.15, 0.2) is 5.57 Å². The summed E-state index contributed by atoms with van der Waals surface area (Å²) < 4.78 is 4.29. The summed E-state index contributed by atoms with van der Waals surface area (Å²) in [7, 11) is 0. The minimum atomic E-state index is -0.900. The van der Waals surface area contributed by atoms with Gasteiger partial charge in [0.05, 0.1) is 6.26 Å². The Morgan fingerprint density at radius 2 is 2.33 bits per heavy atom. The molecule has 0 saturated heterocycles. The lowest BCUT2D eigenvalue weighted by Gasteiger charge is -2.01. The van der Waals surface area contributed by atoms with E-state index >= 15 is 0 Å². The van der Waals surface area contributed by atoms with Crippen LogP contribution in [0.5, 0.6) is 0 Å². The molecule has 0 fully saturated rings. The number of nitriles is 1. The first kappa shape index (κ1) is 10.0. The van der Waals surface area contributed by atoms with Gasteiger partial charge in [-0.25, -0.2) is 10.6 Å². The molecule has 0 saturated carbocycles. The van der Waals surface area contributed by atoms with Gasteiger partial charge >= 0.3 is 5.97 Å². The first-order chi connectivity index (χ1) is 5.67. The quantitative estimate of drug-likeness (QED) is 0.122. The van der Waals surface area contributed by atoms with Gasteiger partial charge < -0.3 is 15.9 Å². The number of carbonyl (C=O) groups excluding carboxylic acids is 1. The normalized spacial score (nSPS) is 10.7. The van der Waals surface area contributed by atoms with Crippen LogP contribution >= 0.6 is 0 Å². The SMILES string of the molecule is C=COC(=O)/C(C#N)=C(\N)NN.